The Kier molecular flexibility index (Phi) is 4.59. The highest BCUT2D eigenvalue weighted by Crippen LogP contribution is 2.61. The van der Waals surface area contributed by atoms with Crippen molar-refractivity contribution in [1.82, 2.24) is 14.9 Å². The number of hydrogen-bond acceptors (Lipinski definition) is 4. The number of amides is 1. The van der Waals surface area contributed by atoms with Crippen LogP contribution < -0.4 is 4.74 Å². The highest BCUT2D eigenvalue weighted by molar-refractivity contribution is 5.77. The first-order valence-electron chi connectivity index (χ1n) is 11.2. The summed E-state index contributed by atoms with van der Waals surface area (Å²) in [6, 6.07) is 1.89. The SMILES string of the molecule is Cc1cc(OC2CCCN(C(=O)CC34CC5CC(CC(C5)C3)C4)C2)nc(C)n1. The van der Waals surface area contributed by atoms with Crippen molar-refractivity contribution >= 4 is 5.91 Å². The van der Waals surface area contributed by atoms with Gasteiger partial charge in [-0.2, -0.15) is 4.98 Å². The number of nitrogens with zero attached hydrogens (tertiary/aromatic N) is 3. The summed E-state index contributed by atoms with van der Waals surface area (Å²) in [5.74, 6) is 4.46. The Labute approximate surface area is 168 Å². The molecule has 1 amide bonds. The molecule has 5 aliphatic rings. The monoisotopic (exact) mass is 383 g/mol. The second kappa shape index (κ2) is 7.00. The van der Waals surface area contributed by atoms with E-state index in [-0.39, 0.29) is 6.10 Å². The number of aromatic nitrogens is 2. The number of ether oxygens (including phenoxy) is 1. The molecule has 1 aromatic heterocycles. The summed E-state index contributed by atoms with van der Waals surface area (Å²) >= 11 is 0. The molecule has 5 fully saturated rings. The van der Waals surface area contributed by atoms with Crippen molar-refractivity contribution in [1.29, 1.82) is 0 Å². The van der Waals surface area contributed by atoms with Gasteiger partial charge in [0, 0.05) is 24.7 Å². The standard InChI is InChI=1S/C23H33N3O2/c1-15-6-21(25-16(2)24-15)28-20-4-3-5-26(14-20)22(27)13-23-10-17-7-18(11-23)9-19(8-17)12-23/h6,17-20H,3-5,7-14H2,1-2H3. The lowest BCUT2D eigenvalue weighted by molar-refractivity contribution is -0.142. The zero-order chi connectivity index (χ0) is 19.3. The van der Waals surface area contributed by atoms with Crippen molar-refractivity contribution in [3.63, 3.8) is 0 Å². The fourth-order valence-corrected chi connectivity index (χ4v) is 7.11. The van der Waals surface area contributed by atoms with Crippen LogP contribution in [0.25, 0.3) is 0 Å². The van der Waals surface area contributed by atoms with Crippen molar-refractivity contribution in [2.75, 3.05) is 13.1 Å². The maximum Gasteiger partial charge on any atom is 0.223 e. The normalized spacial score (nSPS) is 36.6. The average Bonchev–Trinajstić information content (AvgIpc) is 2.59. The minimum Gasteiger partial charge on any atom is -0.472 e. The zero-order valence-electron chi connectivity index (χ0n) is 17.3. The predicted octanol–water partition coefficient (Wildman–Crippen LogP) is 4.07. The van der Waals surface area contributed by atoms with Gasteiger partial charge in [-0.25, -0.2) is 4.98 Å². The van der Waals surface area contributed by atoms with Crippen LogP contribution in [0.2, 0.25) is 0 Å². The smallest absolute Gasteiger partial charge is 0.223 e. The van der Waals surface area contributed by atoms with Crippen LogP contribution in [-0.4, -0.2) is 40.0 Å². The molecule has 0 spiro atoms. The van der Waals surface area contributed by atoms with Gasteiger partial charge in [-0.1, -0.05) is 0 Å². The van der Waals surface area contributed by atoms with E-state index in [1.54, 1.807) is 0 Å². The minimum atomic E-state index is 0.0442. The summed E-state index contributed by atoms with van der Waals surface area (Å²) < 4.78 is 6.15. The lowest BCUT2D eigenvalue weighted by atomic mass is 9.49. The number of hydrogen-bond donors (Lipinski definition) is 0. The molecule has 1 atom stereocenters. The molecule has 5 nitrogen and oxygen atoms in total. The van der Waals surface area contributed by atoms with Gasteiger partial charge in [0.05, 0.1) is 6.54 Å². The van der Waals surface area contributed by atoms with Gasteiger partial charge < -0.3 is 9.64 Å². The van der Waals surface area contributed by atoms with Crippen molar-refractivity contribution in [2.24, 2.45) is 23.2 Å². The molecule has 0 aromatic carbocycles. The fraction of sp³-hybridized carbons (Fsp3) is 0.783. The van der Waals surface area contributed by atoms with E-state index in [1.165, 1.54) is 38.5 Å². The Morgan fingerprint density at radius 3 is 2.46 bits per heavy atom. The Morgan fingerprint density at radius 1 is 1.14 bits per heavy atom. The van der Waals surface area contributed by atoms with Crippen LogP contribution in [0.4, 0.5) is 0 Å². The van der Waals surface area contributed by atoms with Crippen molar-refractivity contribution in [3.05, 3.63) is 17.6 Å². The maximum atomic E-state index is 13.2. The molecule has 4 saturated carbocycles. The van der Waals surface area contributed by atoms with Crippen molar-refractivity contribution in [3.8, 4) is 5.88 Å². The molecule has 4 bridgehead atoms. The summed E-state index contributed by atoms with van der Waals surface area (Å²) in [6.45, 7) is 5.44. The minimum absolute atomic E-state index is 0.0442. The molecule has 28 heavy (non-hydrogen) atoms. The molecule has 152 valence electrons. The summed E-state index contributed by atoms with van der Waals surface area (Å²) in [5, 5.41) is 0. The third-order valence-corrected chi connectivity index (χ3v) is 7.65. The van der Waals surface area contributed by atoms with E-state index < -0.39 is 0 Å². The molecule has 1 aliphatic heterocycles. The Morgan fingerprint density at radius 2 is 1.82 bits per heavy atom. The van der Waals surface area contributed by atoms with Gasteiger partial charge in [-0.15, -0.1) is 0 Å². The first-order chi connectivity index (χ1) is 13.5. The van der Waals surface area contributed by atoms with E-state index in [9.17, 15) is 4.79 Å². The van der Waals surface area contributed by atoms with Crippen LogP contribution in [0.1, 0.15) is 69.3 Å². The molecule has 0 radical (unpaired) electrons. The number of carbonyl (C=O) groups excluding carboxylic acids is 1. The molecule has 2 heterocycles. The highest BCUT2D eigenvalue weighted by atomic mass is 16.5. The number of likely N-dealkylation sites (tertiary alicyclic amines) is 1. The molecule has 0 N–H and O–H groups in total. The van der Waals surface area contributed by atoms with Crippen LogP contribution in [-0.2, 0) is 4.79 Å². The van der Waals surface area contributed by atoms with E-state index in [0.29, 0.717) is 23.7 Å². The molecule has 1 saturated heterocycles. The van der Waals surface area contributed by atoms with E-state index in [1.807, 2.05) is 19.9 Å². The molecular weight excluding hydrogens is 350 g/mol. The Hall–Kier alpha value is -1.65. The van der Waals surface area contributed by atoms with Crippen LogP contribution in [0.5, 0.6) is 5.88 Å². The quantitative estimate of drug-likeness (QED) is 0.786. The molecule has 4 aliphatic carbocycles. The van der Waals surface area contributed by atoms with Crippen LogP contribution in [0.3, 0.4) is 0 Å². The topological polar surface area (TPSA) is 55.3 Å². The maximum absolute atomic E-state index is 13.2. The first-order valence-corrected chi connectivity index (χ1v) is 11.2. The van der Waals surface area contributed by atoms with Gasteiger partial charge in [0.2, 0.25) is 11.8 Å². The van der Waals surface area contributed by atoms with E-state index in [0.717, 1.165) is 55.1 Å². The lowest BCUT2D eigenvalue weighted by Crippen LogP contribution is -2.50. The largest absolute Gasteiger partial charge is 0.472 e. The number of rotatable bonds is 4. The van der Waals surface area contributed by atoms with E-state index in [4.69, 9.17) is 4.74 Å². The summed E-state index contributed by atoms with van der Waals surface area (Å²) in [6.07, 6.45) is 11.0. The van der Waals surface area contributed by atoms with Crippen molar-refractivity contribution < 1.29 is 9.53 Å². The third kappa shape index (κ3) is 3.65. The second-order valence-corrected chi connectivity index (χ2v) is 10.2. The number of carbonyl (C=O) groups is 1. The molecule has 1 aromatic rings. The summed E-state index contributed by atoms with van der Waals surface area (Å²) in [4.78, 5) is 24.0. The zero-order valence-corrected chi connectivity index (χ0v) is 17.3. The molecule has 1 unspecified atom stereocenters. The molecule has 6 rings (SSSR count). The Bertz CT molecular complexity index is 707. The third-order valence-electron chi connectivity index (χ3n) is 7.65. The van der Waals surface area contributed by atoms with Crippen LogP contribution in [0, 0.1) is 37.0 Å². The first kappa shape index (κ1) is 18.4. The highest BCUT2D eigenvalue weighted by Gasteiger charge is 2.51. The van der Waals surface area contributed by atoms with Gasteiger partial charge in [0.15, 0.2) is 0 Å². The predicted molar refractivity (Wildman–Crippen MR) is 107 cm³/mol. The Balaban J connectivity index is 1.22. The number of piperidine rings is 1. The molecular formula is C23H33N3O2. The average molecular weight is 384 g/mol. The fourth-order valence-electron chi connectivity index (χ4n) is 7.11. The van der Waals surface area contributed by atoms with Gasteiger partial charge >= 0.3 is 0 Å². The van der Waals surface area contributed by atoms with Gasteiger partial charge in [0.1, 0.15) is 11.9 Å². The second-order valence-electron chi connectivity index (χ2n) is 10.2. The van der Waals surface area contributed by atoms with E-state index >= 15 is 0 Å². The molecule has 5 heteroatoms. The lowest BCUT2D eigenvalue weighted by Gasteiger charge is -2.57. The van der Waals surface area contributed by atoms with Gasteiger partial charge in [0.25, 0.3) is 0 Å². The van der Waals surface area contributed by atoms with Gasteiger partial charge in [-0.3, -0.25) is 4.79 Å². The van der Waals surface area contributed by atoms with E-state index in [2.05, 4.69) is 14.9 Å². The number of aryl methyl sites for hydroxylation is 2. The summed E-state index contributed by atoms with van der Waals surface area (Å²) in [7, 11) is 0. The summed E-state index contributed by atoms with van der Waals surface area (Å²) in [5.41, 5.74) is 1.24. The van der Waals surface area contributed by atoms with Crippen LogP contribution >= 0.6 is 0 Å². The van der Waals surface area contributed by atoms with Crippen LogP contribution in [0.15, 0.2) is 6.07 Å². The van der Waals surface area contributed by atoms with Crippen molar-refractivity contribution in [2.45, 2.75) is 77.7 Å². The van der Waals surface area contributed by atoms with Gasteiger partial charge in [-0.05, 0) is 88.4 Å².